The van der Waals surface area contributed by atoms with Crippen LogP contribution in [0.15, 0.2) is 65.7 Å². The van der Waals surface area contributed by atoms with E-state index in [-0.39, 0.29) is 12.1 Å². The lowest BCUT2D eigenvalue weighted by molar-refractivity contribution is -0.308. The van der Waals surface area contributed by atoms with Crippen LogP contribution < -0.4 is 16.0 Å². The van der Waals surface area contributed by atoms with E-state index in [1.807, 2.05) is 0 Å². The Morgan fingerprint density at radius 3 is 2.48 bits per heavy atom. The molecule has 7 heteroatoms. The molecule has 0 aliphatic heterocycles. The number of carbonyl (C=O) groups is 2. The molecule has 0 spiro atoms. The van der Waals surface area contributed by atoms with Gasteiger partial charge in [0.15, 0.2) is 0 Å². The zero-order chi connectivity index (χ0) is 17.8. The summed E-state index contributed by atoms with van der Waals surface area (Å²) in [4.78, 5) is 40.0. The van der Waals surface area contributed by atoms with E-state index in [0.717, 1.165) is 4.57 Å². The van der Waals surface area contributed by atoms with Crippen molar-refractivity contribution >= 4 is 22.8 Å². The average Bonchev–Trinajstić information content (AvgIpc) is 2.63. The molecule has 0 aliphatic rings. The second kappa shape index (κ2) is 6.96. The van der Waals surface area contributed by atoms with Crippen LogP contribution in [0.2, 0.25) is 0 Å². The average molecular weight is 336 g/mol. The Labute approximate surface area is 142 Å². The van der Waals surface area contributed by atoms with Gasteiger partial charge in [-0.3, -0.25) is 14.2 Å². The second-order valence-corrected chi connectivity index (χ2v) is 5.43. The Balaban J connectivity index is 1.81. The maximum Gasteiger partial charge on any atom is 0.261 e. The summed E-state index contributed by atoms with van der Waals surface area (Å²) >= 11 is 0. The number of carboxylic acid groups (broad SMARTS) is 1. The van der Waals surface area contributed by atoms with Gasteiger partial charge in [-0.25, -0.2) is 4.98 Å². The number of aliphatic carboxylic acids is 1. The molecule has 1 heterocycles. The van der Waals surface area contributed by atoms with Crippen molar-refractivity contribution in [3.63, 3.8) is 0 Å². The number of aromatic nitrogens is 2. The van der Waals surface area contributed by atoms with Crippen molar-refractivity contribution in [2.75, 3.05) is 0 Å². The number of hydrogen-bond acceptors (Lipinski definition) is 5. The number of amides is 1. The number of nitrogens with one attached hydrogen (secondary N) is 1. The van der Waals surface area contributed by atoms with Gasteiger partial charge in [-0.05, 0) is 17.7 Å². The fourth-order valence-electron chi connectivity index (χ4n) is 2.50. The van der Waals surface area contributed by atoms with E-state index in [0.29, 0.717) is 16.5 Å². The Hall–Kier alpha value is -3.48. The smallest absolute Gasteiger partial charge is 0.261 e. The Morgan fingerprint density at radius 1 is 1.08 bits per heavy atom. The van der Waals surface area contributed by atoms with Crippen LogP contribution in [0.4, 0.5) is 0 Å². The van der Waals surface area contributed by atoms with Crippen molar-refractivity contribution in [1.29, 1.82) is 0 Å². The van der Waals surface area contributed by atoms with Crippen LogP contribution in [0.3, 0.4) is 0 Å². The normalized spacial score (nSPS) is 11.8. The minimum atomic E-state index is -1.43. The summed E-state index contributed by atoms with van der Waals surface area (Å²) in [6, 6.07) is 13.7. The van der Waals surface area contributed by atoms with E-state index in [1.165, 1.54) is 6.33 Å². The van der Waals surface area contributed by atoms with E-state index in [2.05, 4.69) is 10.3 Å². The first-order chi connectivity index (χ1) is 12.1. The standard InChI is InChI=1S/C18H15N3O4/c22-15(20-16(18(24)25)12-6-2-1-3-7-12)10-21-11-19-14-9-5-4-8-13(14)17(21)23/h1-9,11,16H,10H2,(H,20,22)(H,24,25)/p-1/t16-/m0/s1. The van der Waals surface area contributed by atoms with E-state index in [9.17, 15) is 19.5 Å². The first-order valence-electron chi connectivity index (χ1n) is 7.55. The summed E-state index contributed by atoms with van der Waals surface area (Å²) in [5.41, 5.74) is 0.548. The first-order valence-corrected chi connectivity index (χ1v) is 7.55. The molecule has 0 unspecified atom stereocenters. The highest BCUT2D eigenvalue weighted by Crippen LogP contribution is 2.11. The molecular formula is C18H14N3O4-. The zero-order valence-corrected chi connectivity index (χ0v) is 13.1. The Bertz CT molecular complexity index is 982. The molecule has 0 fully saturated rings. The van der Waals surface area contributed by atoms with Gasteiger partial charge < -0.3 is 15.2 Å². The summed E-state index contributed by atoms with van der Waals surface area (Å²) in [6.07, 6.45) is 1.26. The summed E-state index contributed by atoms with van der Waals surface area (Å²) in [5, 5.41) is 14.1. The third-order valence-electron chi connectivity index (χ3n) is 3.72. The predicted molar refractivity (Wildman–Crippen MR) is 88.3 cm³/mol. The minimum Gasteiger partial charge on any atom is -0.548 e. The topological polar surface area (TPSA) is 104 Å². The van der Waals surface area contributed by atoms with Crippen molar-refractivity contribution < 1.29 is 14.7 Å². The highest BCUT2D eigenvalue weighted by Gasteiger charge is 2.16. The van der Waals surface area contributed by atoms with E-state index >= 15 is 0 Å². The number of rotatable bonds is 5. The maximum atomic E-state index is 12.4. The number of benzene rings is 2. The monoisotopic (exact) mass is 336 g/mol. The van der Waals surface area contributed by atoms with Gasteiger partial charge in [0, 0.05) is 0 Å². The first kappa shape index (κ1) is 16.4. The quantitative estimate of drug-likeness (QED) is 0.706. The molecule has 1 aromatic heterocycles. The van der Waals surface area contributed by atoms with E-state index in [4.69, 9.17) is 0 Å². The molecule has 1 atom stereocenters. The van der Waals surface area contributed by atoms with Crippen LogP contribution in [-0.2, 0) is 16.1 Å². The van der Waals surface area contributed by atoms with Gasteiger partial charge in [0.2, 0.25) is 5.91 Å². The van der Waals surface area contributed by atoms with Crippen LogP contribution in [0, 0.1) is 0 Å². The van der Waals surface area contributed by atoms with Gasteiger partial charge in [0.1, 0.15) is 6.54 Å². The molecule has 25 heavy (non-hydrogen) atoms. The molecule has 1 amide bonds. The van der Waals surface area contributed by atoms with Crippen molar-refractivity contribution in [2.45, 2.75) is 12.6 Å². The molecule has 3 aromatic rings. The van der Waals surface area contributed by atoms with Gasteiger partial charge >= 0.3 is 0 Å². The lowest BCUT2D eigenvalue weighted by Crippen LogP contribution is -2.43. The van der Waals surface area contributed by atoms with Gasteiger partial charge in [-0.15, -0.1) is 0 Å². The number of para-hydroxylation sites is 1. The van der Waals surface area contributed by atoms with E-state index < -0.39 is 17.9 Å². The van der Waals surface area contributed by atoms with Crippen LogP contribution in [0.25, 0.3) is 10.9 Å². The molecule has 126 valence electrons. The lowest BCUT2D eigenvalue weighted by Gasteiger charge is -2.20. The van der Waals surface area contributed by atoms with Crippen molar-refractivity contribution in [3.05, 3.63) is 76.8 Å². The molecule has 0 saturated heterocycles. The summed E-state index contributed by atoms with van der Waals surface area (Å²) in [6.45, 7) is -0.340. The van der Waals surface area contributed by atoms with Crippen LogP contribution >= 0.6 is 0 Å². The largest absolute Gasteiger partial charge is 0.548 e. The molecular weight excluding hydrogens is 322 g/mol. The third kappa shape index (κ3) is 3.55. The van der Waals surface area contributed by atoms with Crippen LogP contribution in [0.1, 0.15) is 11.6 Å². The molecule has 0 aliphatic carbocycles. The number of fused-ring (bicyclic) bond motifs is 1. The zero-order valence-electron chi connectivity index (χ0n) is 13.1. The lowest BCUT2D eigenvalue weighted by atomic mass is 10.1. The van der Waals surface area contributed by atoms with Crippen molar-refractivity contribution in [3.8, 4) is 0 Å². The van der Waals surface area contributed by atoms with Gasteiger partial charge in [-0.2, -0.15) is 0 Å². The van der Waals surface area contributed by atoms with Gasteiger partial charge in [0.05, 0.1) is 29.2 Å². The fourth-order valence-corrected chi connectivity index (χ4v) is 2.50. The van der Waals surface area contributed by atoms with Crippen LogP contribution in [0.5, 0.6) is 0 Å². The summed E-state index contributed by atoms with van der Waals surface area (Å²) < 4.78 is 1.13. The summed E-state index contributed by atoms with van der Waals surface area (Å²) in [7, 11) is 0. The molecule has 2 aromatic carbocycles. The Kier molecular flexibility index (Phi) is 4.56. The van der Waals surface area contributed by atoms with E-state index in [1.54, 1.807) is 54.6 Å². The molecule has 7 nitrogen and oxygen atoms in total. The predicted octanol–water partition coefficient (Wildman–Crippen LogP) is 0.00390. The number of nitrogens with zero attached hydrogens (tertiary/aromatic N) is 2. The summed E-state index contributed by atoms with van der Waals surface area (Å²) in [5.74, 6) is -2.05. The second-order valence-electron chi connectivity index (χ2n) is 5.43. The van der Waals surface area contributed by atoms with Crippen molar-refractivity contribution in [2.24, 2.45) is 0 Å². The SMILES string of the molecule is O=C(Cn1cnc2ccccc2c1=O)N[C@H](C(=O)[O-])c1ccccc1. The number of hydrogen-bond donors (Lipinski definition) is 1. The highest BCUT2D eigenvalue weighted by molar-refractivity contribution is 5.84. The molecule has 3 rings (SSSR count). The fraction of sp³-hybridized carbons (Fsp3) is 0.111. The Morgan fingerprint density at radius 2 is 1.76 bits per heavy atom. The maximum absolute atomic E-state index is 12.4. The van der Waals surface area contributed by atoms with Crippen LogP contribution in [-0.4, -0.2) is 21.4 Å². The molecule has 1 N–H and O–H groups in total. The highest BCUT2D eigenvalue weighted by atomic mass is 16.4. The number of carbonyl (C=O) groups excluding carboxylic acids is 2. The van der Waals surface area contributed by atoms with Gasteiger partial charge in [0.25, 0.3) is 5.56 Å². The molecule has 0 bridgehead atoms. The molecule has 0 radical (unpaired) electrons. The minimum absolute atomic E-state index is 0.340. The van der Waals surface area contributed by atoms with Gasteiger partial charge in [-0.1, -0.05) is 42.5 Å². The third-order valence-corrected chi connectivity index (χ3v) is 3.72. The number of carboxylic acids is 1. The molecule has 0 saturated carbocycles. The van der Waals surface area contributed by atoms with Crippen molar-refractivity contribution in [1.82, 2.24) is 14.9 Å².